The molecule has 9 nitrogen and oxygen atoms in total. The molecule has 1 aromatic carbocycles. The van der Waals surface area contributed by atoms with Crippen LogP contribution in [0.2, 0.25) is 0 Å². The van der Waals surface area contributed by atoms with Crippen LogP contribution in [0.4, 0.5) is 17.6 Å². The van der Waals surface area contributed by atoms with E-state index in [1.807, 2.05) is 31.2 Å². The number of carbonyl (C=O) groups is 1. The summed E-state index contributed by atoms with van der Waals surface area (Å²) in [5.41, 5.74) is 8.33. The highest BCUT2D eigenvalue weighted by molar-refractivity contribution is 7.07. The summed E-state index contributed by atoms with van der Waals surface area (Å²) >= 11 is 1.03. The second-order valence-electron chi connectivity index (χ2n) is 5.81. The Bertz CT molecular complexity index is 1010. The van der Waals surface area contributed by atoms with E-state index in [0.717, 1.165) is 22.6 Å². The van der Waals surface area contributed by atoms with Crippen molar-refractivity contribution in [1.82, 2.24) is 19.5 Å². The first kappa shape index (κ1) is 18.5. The van der Waals surface area contributed by atoms with E-state index >= 15 is 0 Å². The van der Waals surface area contributed by atoms with Gasteiger partial charge in [0.15, 0.2) is 12.4 Å². The maximum Gasteiger partial charge on any atom is 0.326 e. The van der Waals surface area contributed by atoms with Crippen LogP contribution in [0, 0.1) is 13.8 Å². The molecule has 3 N–H and O–H groups in total. The summed E-state index contributed by atoms with van der Waals surface area (Å²) in [6, 6.07) is 7.67. The van der Waals surface area contributed by atoms with Crippen molar-refractivity contribution in [1.29, 1.82) is 0 Å². The lowest BCUT2D eigenvalue weighted by Crippen LogP contribution is -2.22. The smallest absolute Gasteiger partial charge is 0.326 e. The Labute approximate surface area is 158 Å². The second-order valence-corrected chi connectivity index (χ2v) is 6.63. The van der Waals surface area contributed by atoms with Crippen LogP contribution in [0.3, 0.4) is 0 Å². The van der Waals surface area contributed by atoms with Gasteiger partial charge in [-0.1, -0.05) is 29.0 Å². The van der Waals surface area contributed by atoms with Gasteiger partial charge in [-0.25, -0.2) is 0 Å². The van der Waals surface area contributed by atoms with E-state index < -0.39 is 5.97 Å². The Kier molecular flexibility index (Phi) is 5.46. The molecule has 0 bridgehead atoms. The number of carbonyl (C=O) groups excluding carboxylic acids is 1. The van der Waals surface area contributed by atoms with Crippen molar-refractivity contribution < 1.29 is 9.53 Å². The number of aromatic nitrogens is 4. The molecule has 0 unspecified atom stereocenters. The predicted molar refractivity (Wildman–Crippen MR) is 102 cm³/mol. The molecular weight excluding hydrogens is 368 g/mol. The first-order valence-corrected chi connectivity index (χ1v) is 8.93. The minimum absolute atomic E-state index is 0.00978. The van der Waals surface area contributed by atoms with E-state index in [1.165, 1.54) is 4.57 Å². The topological polar surface area (TPSA) is 125 Å². The lowest BCUT2D eigenvalue weighted by molar-refractivity contribution is -0.146. The molecule has 3 rings (SSSR count). The van der Waals surface area contributed by atoms with E-state index in [2.05, 4.69) is 20.3 Å². The van der Waals surface area contributed by atoms with Gasteiger partial charge in [0.05, 0.1) is 0 Å². The zero-order valence-corrected chi connectivity index (χ0v) is 15.6. The molecule has 0 saturated carbocycles. The molecule has 140 valence electrons. The van der Waals surface area contributed by atoms with Crippen LogP contribution < -0.4 is 15.9 Å². The first-order chi connectivity index (χ1) is 12.9. The number of esters is 1. The van der Waals surface area contributed by atoms with E-state index in [0.29, 0.717) is 5.69 Å². The van der Waals surface area contributed by atoms with Crippen LogP contribution in [-0.2, 0) is 22.7 Å². The number of anilines is 3. The molecule has 2 heterocycles. The molecule has 27 heavy (non-hydrogen) atoms. The summed E-state index contributed by atoms with van der Waals surface area (Å²) in [5, 5.41) is 4.71. The van der Waals surface area contributed by atoms with Crippen molar-refractivity contribution in [2.75, 3.05) is 11.1 Å². The summed E-state index contributed by atoms with van der Waals surface area (Å²) in [6.07, 6.45) is 0. The SMILES string of the molecule is Cc1ccc(Nc2nc(N)nc(COC(=O)Cn3c(C)csc3=O)n2)cc1. The largest absolute Gasteiger partial charge is 0.456 e. The van der Waals surface area contributed by atoms with E-state index in [9.17, 15) is 9.59 Å². The summed E-state index contributed by atoms with van der Waals surface area (Å²) < 4.78 is 6.50. The molecule has 3 aromatic rings. The Morgan fingerprint density at radius 2 is 1.96 bits per heavy atom. The summed E-state index contributed by atoms with van der Waals surface area (Å²) in [7, 11) is 0. The number of rotatable bonds is 6. The molecule has 0 spiro atoms. The lowest BCUT2D eigenvalue weighted by Gasteiger charge is -2.09. The monoisotopic (exact) mass is 386 g/mol. The molecule has 2 aromatic heterocycles. The third kappa shape index (κ3) is 4.88. The number of nitrogens with zero attached hydrogens (tertiary/aromatic N) is 4. The number of ether oxygens (including phenoxy) is 1. The third-order valence-corrected chi connectivity index (χ3v) is 4.51. The molecule has 0 aliphatic carbocycles. The Morgan fingerprint density at radius 3 is 2.63 bits per heavy atom. The molecular formula is C17H18N6O3S. The van der Waals surface area contributed by atoms with Gasteiger partial charge in [-0.05, 0) is 26.0 Å². The zero-order chi connectivity index (χ0) is 19.4. The van der Waals surface area contributed by atoms with Crippen molar-refractivity contribution >= 4 is 34.9 Å². The van der Waals surface area contributed by atoms with Crippen LogP contribution in [-0.4, -0.2) is 25.5 Å². The minimum Gasteiger partial charge on any atom is -0.456 e. The van der Waals surface area contributed by atoms with Gasteiger partial charge < -0.3 is 15.8 Å². The number of thiazole rings is 1. The minimum atomic E-state index is -0.564. The maximum atomic E-state index is 12.0. The van der Waals surface area contributed by atoms with E-state index in [4.69, 9.17) is 10.5 Å². The number of nitrogens with two attached hydrogens (primary N) is 1. The molecule has 0 saturated heterocycles. The number of nitrogen functional groups attached to an aromatic ring is 1. The summed E-state index contributed by atoms with van der Waals surface area (Å²) in [6.45, 7) is 3.40. The highest BCUT2D eigenvalue weighted by Crippen LogP contribution is 2.14. The second kappa shape index (κ2) is 7.96. The van der Waals surface area contributed by atoms with Crippen LogP contribution >= 0.6 is 11.3 Å². The maximum absolute atomic E-state index is 12.0. The number of hydrogen-bond donors (Lipinski definition) is 2. The molecule has 0 fully saturated rings. The average Bonchev–Trinajstić information content (AvgIpc) is 2.93. The normalized spacial score (nSPS) is 10.6. The number of hydrogen-bond acceptors (Lipinski definition) is 9. The van der Waals surface area contributed by atoms with Gasteiger partial charge in [0.1, 0.15) is 6.54 Å². The van der Waals surface area contributed by atoms with E-state index in [1.54, 1.807) is 12.3 Å². The van der Waals surface area contributed by atoms with Gasteiger partial charge in [-0.15, -0.1) is 0 Å². The van der Waals surface area contributed by atoms with Crippen molar-refractivity contribution in [3.05, 3.63) is 56.4 Å². The van der Waals surface area contributed by atoms with Crippen LogP contribution in [0.25, 0.3) is 0 Å². The van der Waals surface area contributed by atoms with Crippen molar-refractivity contribution in [2.24, 2.45) is 0 Å². The quantitative estimate of drug-likeness (QED) is 0.614. The van der Waals surface area contributed by atoms with Gasteiger partial charge in [-0.3, -0.25) is 14.2 Å². The fourth-order valence-corrected chi connectivity index (χ4v) is 2.97. The molecule has 0 aliphatic heterocycles. The molecule has 0 atom stereocenters. The lowest BCUT2D eigenvalue weighted by atomic mass is 10.2. The van der Waals surface area contributed by atoms with E-state index in [-0.39, 0.29) is 35.7 Å². The highest BCUT2D eigenvalue weighted by Gasteiger charge is 2.12. The van der Waals surface area contributed by atoms with Crippen LogP contribution in [0.15, 0.2) is 34.4 Å². The summed E-state index contributed by atoms with van der Waals surface area (Å²) in [5.74, 6) is -0.0941. The fraction of sp³-hybridized carbons (Fsp3) is 0.235. The zero-order valence-electron chi connectivity index (χ0n) is 14.8. The van der Waals surface area contributed by atoms with Crippen molar-refractivity contribution in [3.8, 4) is 0 Å². The van der Waals surface area contributed by atoms with Crippen LogP contribution in [0.1, 0.15) is 17.1 Å². The van der Waals surface area contributed by atoms with Crippen LogP contribution in [0.5, 0.6) is 0 Å². The van der Waals surface area contributed by atoms with Gasteiger partial charge in [-0.2, -0.15) is 15.0 Å². The van der Waals surface area contributed by atoms with Gasteiger partial charge in [0, 0.05) is 16.8 Å². The average molecular weight is 386 g/mol. The third-order valence-electron chi connectivity index (χ3n) is 3.63. The standard InChI is InChI=1S/C17H18N6O3S/c1-10-3-5-12(6-4-10)19-16-21-13(20-15(18)22-16)8-26-14(24)7-23-11(2)9-27-17(23)25/h3-6,9H,7-8H2,1-2H3,(H3,18,19,20,21,22). The fourth-order valence-electron chi connectivity index (χ4n) is 2.24. The Hall–Kier alpha value is -3.27. The molecule has 0 aliphatic rings. The molecule has 0 radical (unpaired) electrons. The summed E-state index contributed by atoms with van der Waals surface area (Å²) in [4.78, 5) is 35.6. The van der Waals surface area contributed by atoms with Crippen molar-refractivity contribution in [2.45, 2.75) is 27.0 Å². The molecule has 10 heteroatoms. The van der Waals surface area contributed by atoms with Gasteiger partial charge in [0.2, 0.25) is 11.9 Å². The Balaban J connectivity index is 1.64. The van der Waals surface area contributed by atoms with Gasteiger partial charge in [0.25, 0.3) is 0 Å². The number of aryl methyl sites for hydroxylation is 2. The molecule has 0 amide bonds. The van der Waals surface area contributed by atoms with Crippen molar-refractivity contribution in [3.63, 3.8) is 0 Å². The number of nitrogens with one attached hydrogen (secondary N) is 1. The predicted octanol–water partition coefficient (Wildman–Crippen LogP) is 1.78. The number of benzene rings is 1. The first-order valence-electron chi connectivity index (χ1n) is 8.05. The highest BCUT2D eigenvalue weighted by atomic mass is 32.1. The Morgan fingerprint density at radius 1 is 1.22 bits per heavy atom. The van der Waals surface area contributed by atoms with Gasteiger partial charge >= 0.3 is 10.8 Å².